The van der Waals surface area contributed by atoms with Gasteiger partial charge in [-0.1, -0.05) is 0 Å². The predicted molar refractivity (Wildman–Crippen MR) is 75.6 cm³/mol. The Hall–Kier alpha value is -1.96. The second-order valence-corrected chi connectivity index (χ2v) is 5.11. The largest absolute Gasteiger partial charge is 0.469 e. The molecule has 1 N–H and O–H groups in total. The third-order valence-corrected chi connectivity index (χ3v) is 3.64. The van der Waals surface area contributed by atoms with Crippen LogP contribution in [-0.4, -0.2) is 39.4 Å². The average molecular weight is 295 g/mol. The van der Waals surface area contributed by atoms with E-state index in [4.69, 9.17) is 0 Å². The van der Waals surface area contributed by atoms with Gasteiger partial charge in [-0.25, -0.2) is 4.98 Å². The van der Waals surface area contributed by atoms with Crippen LogP contribution in [-0.2, 0) is 29.4 Å². The number of hydrogen-bond acceptors (Lipinski definition) is 7. The van der Waals surface area contributed by atoms with Crippen molar-refractivity contribution in [2.75, 3.05) is 19.0 Å². The highest BCUT2D eigenvalue weighted by Crippen LogP contribution is 2.16. The molecule has 7 nitrogen and oxygen atoms in total. The number of nitrogens with zero attached hydrogens (tertiary/aromatic N) is 4. The Morgan fingerprint density at radius 2 is 2.35 bits per heavy atom. The minimum Gasteiger partial charge on any atom is -0.469 e. The summed E-state index contributed by atoms with van der Waals surface area (Å²) >= 11 is 1.53. The van der Waals surface area contributed by atoms with E-state index in [0.717, 1.165) is 29.6 Å². The lowest BCUT2D eigenvalue weighted by Crippen LogP contribution is -2.08. The molecule has 8 heteroatoms. The van der Waals surface area contributed by atoms with Crippen molar-refractivity contribution in [3.63, 3.8) is 0 Å². The number of esters is 1. The topological polar surface area (TPSA) is 81.9 Å². The number of carbonyl (C=O) groups is 1. The van der Waals surface area contributed by atoms with Gasteiger partial charge in [-0.2, -0.15) is 0 Å². The first kappa shape index (κ1) is 14.4. The second kappa shape index (κ2) is 6.99. The fourth-order valence-electron chi connectivity index (χ4n) is 1.65. The molecule has 0 spiro atoms. The van der Waals surface area contributed by atoms with Crippen LogP contribution in [0.4, 0.5) is 5.13 Å². The molecule has 0 saturated carbocycles. The molecule has 2 rings (SSSR count). The van der Waals surface area contributed by atoms with E-state index in [1.807, 2.05) is 17.0 Å². The molecular weight excluding hydrogens is 278 g/mol. The molecule has 0 amide bonds. The number of rotatable bonds is 7. The number of aromatic nitrogens is 4. The van der Waals surface area contributed by atoms with Crippen molar-refractivity contribution < 1.29 is 9.53 Å². The average Bonchev–Trinajstić information content (AvgIpc) is 3.06. The summed E-state index contributed by atoms with van der Waals surface area (Å²) in [7, 11) is 3.31. The van der Waals surface area contributed by atoms with Crippen LogP contribution in [0.1, 0.15) is 17.9 Å². The van der Waals surface area contributed by atoms with Crippen molar-refractivity contribution in [1.29, 1.82) is 0 Å². The Morgan fingerprint density at radius 1 is 1.50 bits per heavy atom. The summed E-state index contributed by atoms with van der Waals surface area (Å²) < 4.78 is 6.50. The highest BCUT2D eigenvalue weighted by Gasteiger charge is 2.06. The molecule has 0 radical (unpaired) electrons. The standard InChI is InChI=1S/C12H17N5O2S/c1-17-8-14-16-10(17)5-6-13-12-15-9(7-20-12)3-4-11(18)19-2/h7-8H,3-6H2,1-2H3,(H,13,15). The molecule has 2 heterocycles. The van der Waals surface area contributed by atoms with Gasteiger partial charge in [0.15, 0.2) is 5.13 Å². The van der Waals surface area contributed by atoms with Crippen LogP contribution in [0.15, 0.2) is 11.7 Å². The van der Waals surface area contributed by atoms with Crippen LogP contribution in [0.5, 0.6) is 0 Å². The zero-order valence-electron chi connectivity index (χ0n) is 11.5. The molecule has 0 saturated heterocycles. The van der Waals surface area contributed by atoms with Gasteiger partial charge in [0.05, 0.1) is 19.2 Å². The maximum atomic E-state index is 11.0. The fraction of sp³-hybridized carbons (Fsp3) is 0.500. The van der Waals surface area contributed by atoms with E-state index >= 15 is 0 Å². The van der Waals surface area contributed by atoms with Gasteiger partial charge in [0.2, 0.25) is 0 Å². The van der Waals surface area contributed by atoms with Gasteiger partial charge in [-0.3, -0.25) is 4.79 Å². The van der Waals surface area contributed by atoms with Crippen LogP contribution in [0.2, 0.25) is 0 Å². The molecule has 108 valence electrons. The first-order valence-corrected chi connectivity index (χ1v) is 7.15. The van der Waals surface area contributed by atoms with Gasteiger partial charge >= 0.3 is 5.97 Å². The van der Waals surface area contributed by atoms with E-state index in [1.165, 1.54) is 18.4 Å². The number of nitrogens with one attached hydrogen (secondary N) is 1. The number of anilines is 1. The van der Waals surface area contributed by atoms with Gasteiger partial charge in [-0.15, -0.1) is 21.5 Å². The van der Waals surface area contributed by atoms with Gasteiger partial charge < -0.3 is 14.6 Å². The quantitative estimate of drug-likeness (QED) is 0.768. The van der Waals surface area contributed by atoms with E-state index in [9.17, 15) is 4.79 Å². The first-order valence-electron chi connectivity index (χ1n) is 6.27. The molecule has 20 heavy (non-hydrogen) atoms. The Morgan fingerprint density at radius 3 is 3.05 bits per heavy atom. The fourth-order valence-corrected chi connectivity index (χ4v) is 2.42. The molecule has 0 aliphatic rings. The van der Waals surface area contributed by atoms with E-state index in [2.05, 4.69) is 25.2 Å². The normalized spacial score (nSPS) is 10.5. The smallest absolute Gasteiger partial charge is 0.305 e. The lowest BCUT2D eigenvalue weighted by Gasteiger charge is -2.02. The molecular formula is C12H17N5O2S. The summed E-state index contributed by atoms with van der Waals surface area (Å²) in [6, 6.07) is 0. The summed E-state index contributed by atoms with van der Waals surface area (Å²) in [5, 5.41) is 13.9. The third-order valence-electron chi connectivity index (χ3n) is 2.79. The maximum Gasteiger partial charge on any atom is 0.305 e. The number of thiazole rings is 1. The zero-order valence-corrected chi connectivity index (χ0v) is 12.3. The number of aryl methyl sites for hydroxylation is 2. The SMILES string of the molecule is COC(=O)CCc1csc(NCCc2nncn2C)n1. The molecule has 2 aromatic heterocycles. The monoisotopic (exact) mass is 295 g/mol. The molecule has 0 aliphatic carbocycles. The van der Waals surface area contributed by atoms with E-state index in [0.29, 0.717) is 12.8 Å². The summed E-state index contributed by atoms with van der Waals surface area (Å²) in [5.41, 5.74) is 0.904. The van der Waals surface area contributed by atoms with Crippen molar-refractivity contribution in [2.24, 2.45) is 7.05 Å². The highest BCUT2D eigenvalue weighted by atomic mass is 32.1. The van der Waals surface area contributed by atoms with Gasteiger partial charge in [-0.05, 0) is 0 Å². The summed E-state index contributed by atoms with van der Waals surface area (Å²) in [6.07, 6.45) is 3.43. The van der Waals surface area contributed by atoms with Crippen LogP contribution in [0.3, 0.4) is 0 Å². The Kier molecular flexibility index (Phi) is 5.05. The van der Waals surface area contributed by atoms with E-state index < -0.39 is 0 Å². The van der Waals surface area contributed by atoms with Crippen molar-refractivity contribution >= 4 is 22.4 Å². The summed E-state index contributed by atoms with van der Waals surface area (Å²) in [6.45, 7) is 0.747. The second-order valence-electron chi connectivity index (χ2n) is 4.25. The van der Waals surface area contributed by atoms with Crippen molar-refractivity contribution in [3.05, 3.63) is 23.2 Å². The maximum absolute atomic E-state index is 11.0. The summed E-state index contributed by atoms with van der Waals surface area (Å²) in [5.74, 6) is 0.717. The lowest BCUT2D eigenvalue weighted by molar-refractivity contribution is -0.140. The molecule has 0 aliphatic heterocycles. The summed E-state index contributed by atoms with van der Waals surface area (Å²) in [4.78, 5) is 15.5. The Bertz CT molecular complexity index is 566. The zero-order chi connectivity index (χ0) is 14.4. The van der Waals surface area contributed by atoms with E-state index in [1.54, 1.807) is 6.33 Å². The van der Waals surface area contributed by atoms with Crippen molar-refractivity contribution in [1.82, 2.24) is 19.7 Å². The van der Waals surface area contributed by atoms with Gasteiger partial charge in [0, 0.05) is 31.8 Å². The van der Waals surface area contributed by atoms with E-state index in [-0.39, 0.29) is 5.97 Å². The Labute approximate surface area is 121 Å². The van der Waals surface area contributed by atoms with Crippen LogP contribution in [0, 0.1) is 0 Å². The molecule has 0 fully saturated rings. The number of methoxy groups -OCH3 is 1. The van der Waals surface area contributed by atoms with Crippen molar-refractivity contribution in [2.45, 2.75) is 19.3 Å². The van der Waals surface area contributed by atoms with Crippen LogP contribution >= 0.6 is 11.3 Å². The molecule has 2 aromatic rings. The number of carbonyl (C=O) groups excluding carboxylic acids is 1. The minimum atomic E-state index is -0.213. The van der Waals surface area contributed by atoms with Crippen molar-refractivity contribution in [3.8, 4) is 0 Å². The van der Waals surface area contributed by atoms with Crippen LogP contribution in [0.25, 0.3) is 0 Å². The van der Waals surface area contributed by atoms with Gasteiger partial charge in [0.25, 0.3) is 0 Å². The van der Waals surface area contributed by atoms with Gasteiger partial charge in [0.1, 0.15) is 12.2 Å². The minimum absolute atomic E-state index is 0.213. The first-order chi connectivity index (χ1) is 9.69. The number of hydrogen-bond donors (Lipinski definition) is 1. The molecule has 0 aromatic carbocycles. The number of ether oxygens (including phenoxy) is 1. The third kappa shape index (κ3) is 4.02. The molecule has 0 unspecified atom stereocenters. The Balaban J connectivity index is 1.75. The van der Waals surface area contributed by atoms with Crippen LogP contribution < -0.4 is 5.32 Å². The molecule has 0 bridgehead atoms. The predicted octanol–water partition coefficient (Wildman–Crippen LogP) is 1.03. The highest BCUT2D eigenvalue weighted by molar-refractivity contribution is 7.13. The molecule has 0 atom stereocenters. The lowest BCUT2D eigenvalue weighted by atomic mass is 10.2.